The van der Waals surface area contributed by atoms with Crippen molar-refractivity contribution in [3.63, 3.8) is 0 Å². The summed E-state index contributed by atoms with van der Waals surface area (Å²) in [5.41, 5.74) is 16.7. The predicted molar refractivity (Wildman–Crippen MR) is 151 cm³/mol. The number of nitrogens with two attached hydrogens (primary N) is 3. The van der Waals surface area contributed by atoms with E-state index in [1.54, 1.807) is 9.80 Å². The number of carboxylic acid groups (broad SMARTS) is 1. The van der Waals surface area contributed by atoms with E-state index in [4.69, 9.17) is 17.2 Å². The molecule has 0 aromatic rings. The molecule has 0 aromatic carbocycles. The summed E-state index contributed by atoms with van der Waals surface area (Å²) in [6.45, 7) is 5.41. The van der Waals surface area contributed by atoms with Crippen LogP contribution in [-0.2, 0) is 24.0 Å². The lowest BCUT2D eigenvalue weighted by Gasteiger charge is -2.34. The molecule has 14 nitrogen and oxygen atoms in total. The molecule has 3 aliphatic heterocycles. The minimum atomic E-state index is -1.18. The normalized spacial score (nSPS) is 23.9. The van der Waals surface area contributed by atoms with Gasteiger partial charge in [0, 0.05) is 26.2 Å². The number of carboxylic acids is 1. The number of aliphatic imine (C=N–C) groups is 1. The summed E-state index contributed by atoms with van der Waals surface area (Å²) in [5.74, 6) is -2.38. The first-order valence-electron chi connectivity index (χ1n) is 14.7. The molecule has 0 spiro atoms. The van der Waals surface area contributed by atoms with Crippen molar-refractivity contribution in [1.29, 1.82) is 0 Å². The molecular weight excluding hydrogens is 532 g/mol. The lowest BCUT2D eigenvalue weighted by molar-refractivity contribution is -0.151. The maximum atomic E-state index is 13.7. The number of nitrogens with one attached hydrogen (secondary N) is 1. The van der Waals surface area contributed by atoms with E-state index in [9.17, 15) is 29.1 Å². The summed E-state index contributed by atoms with van der Waals surface area (Å²) in [6, 6.07) is -4.02. The van der Waals surface area contributed by atoms with Crippen LogP contribution >= 0.6 is 0 Å². The fourth-order valence-corrected chi connectivity index (χ4v) is 6.11. The number of carbonyl (C=O) groups is 5. The first-order chi connectivity index (χ1) is 19.4. The van der Waals surface area contributed by atoms with Gasteiger partial charge in [-0.15, -0.1) is 0 Å². The molecule has 3 aliphatic rings. The molecule has 3 rings (SSSR count). The van der Waals surface area contributed by atoms with Crippen molar-refractivity contribution < 1.29 is 29.1 Å². The van der Waals surface area contributed by atoms with Gasteiger partial charge in [-0.05, 0) is 63.7 Å². The second-order valence-corrected chi connectivity index (χ2v) is 11.7. The standard InChI is InChI=1S/C27H46N8O6/c1-16(2)15-17(28)23(37)34-13-5-9-20(34)25(39)35-14-6-10-21(35)24(38)33-12-4-8-19(33)22(36)32-18(26(40)41)7-3-11-31-27(29)30/h16-21H,3-15,28H2,1-2H3,(H,32,36)(H,40,41)(H4,29,30,31)/t17-,18-,19-,20-,21-/m0/s1. The number of rotatable bonds is 12. The van der Waals surface area contributed by atoms with Gasteiger partial charge in [-0.2, -0.15) is 0 Å². The number of likely N-dealkylation sites (tertiary alicyclic amines) is 3. The predicted octanol–water partition coefficient (Wildman–Crippen LogP) is -1.04. The van der Waals surface area contributed by atoms with Gasteiger partial charge in [0.15, 0.2) is 5.96 Å². The second-order valence-electron chi connectivity index (χ2n) is 11.7. The molecule has 3 heterocycles. The highest BCUT2D eigenvalue weighted by molar-refractivity contribution is 5.96. The molecule has 8 N–H and O–H groups in total. The van der Waals surface area contributed by atoms with Crippen LogP contribution in [0.2, 0.25) is 0 Å². The highest BCUT2D eigenvalue weighted by Gasteiger charge is 2.46. The largest absolute Gasteiger partial charge is 0.480 e. The summed E-state index contributed by atoms with van der Waals surface area (Å²) < 4.78 is 0. The summed E-state index contributed by atoms with van der Waals surface area (Å²) in [6.07, 6.45) is 4.30. The van der Waals surface area contributed by atoms with Crippen molar-refractivity contribution in [1.82, 2.24) is 20.0 Å². The zero-order chi connectivity index (χ0) is 30.3. The van der Waals surface area contributed by atoms with E-state index in [-0.39, 0.29) is 42.6 Å². The van der Waals surface area contributed by atoms with Crippen molar-refractivity contribution in [3.8, 4) is 0 Å². The van der Waals surface area contributed by atoms with Gasteiger partial charge in [0.2, 0.25) is 23.6 Å². The van der Waals surface area contributed by atoms with Crippen LogP contribution in [0.4, 0.5) is 0 Å². The van der Waals surface area contributed by atoms with Crippen LogP contribution in [-0.4, -0.2) is 112 Å². The molecule has 14 heteroatoms. The van der Waals surface area contributed by atoms with Crippen molar-refractivity contribution in [2.24, 2.45) is 28.1 Å². The van der Waals surface area contributed by atoms with E-state index < -0.39 is 42.1 Å². The minimum Gasteiger partial charge on any atom is -0.480 e. The van der Waals surface area contributed by atoms with Crippen LogP contribution < -0.4 is 22.5 Å². The molecule has 4 amide bonds. The summed E-state index contributed by atoms with van der Waals surface area (Å²) in [7, 11) is 0. The molecule has 0 bridgehead atoms. The van der Waals surface area contributed by atoms with Crippen molar-refractivity contribution in [2.75, 3.05) is 26.2 Å². The van der Waals surface area contributed by atoms with Crippen LogP contribution in [0, 0.1) is 5.92 Å². The quantitative estimate of drug-likeness (QED) is 0.108. The van der Waals surface area contributed by atoms with E-state index in [1.165, 1.54) is 4.90 Å². The molecule has 5 atom stereocenters. The molecule has 3 saturated heterocycles. The Balaban J connectivity index is 1.65. The number of hydrogen-bond acceptors (Lipinski definition) is 7. The molecule has 0 unspecified atom stereocenters. The van der Waals surface area contributed by atoms with Crippen molar-refractivity contribution in [3.05, 3.63) is 0 Å². The third kappa shape index (κ3) is 8.08. The molecule has 0 saturated carbocycles. The zero-order valence-electron chi connectivity index (χ0n) is 24.2. The van der Waals surface area contributed by atoms with Gasteiger partial charge < -0.3 is 42.3 Å². The number of hydrogen-bond donors (Lipinski definition) is 5. The third-order valence-corrected chi connectivity index (χ3v) is 8.08. The smallest absolute Gasteiger partial charge is 0.326 e. The Morgan fingerprint density at radius 2 is 1.39 bits per heavy atom. The first-order valence-corrected chi connectivity index (χ1v) is 14.7. The summed E-state index contributed by atoms with van der Waals surface area (Å²) in [4.78, 5) is 73.8. The Morgan fingerprint density at radius 1 is 0.878 bits per heavy atom. The number of nitrogens with zero attached hydrogens (tertiary/aromatic N) is 4. The Bertz CT molecular complexity index is 1020. The number of amides is 4. The summed E-state index contributed by atoms with van der Waals surface area (Å²) >= 11 is 0. The highest BCUT2D eigenvalue weighted by Crippen LogP contribution is 2.29. The monoisotopic (exact) mass is 578 g/mol. The van der Waals surface area contributed by atoms with E-state index >= 15 is 0 Å². The van der Waals surface area contributed by atoms with Gasteiger partial charge in [-0.1, -0.05) is 13.8 Å². The molecule has 230 valence electrons. The van der Waals surface area contributed by atoms with Gasteiger partial charge >= 0.3 is 5.97 Å². The molecule has 0 aromatic heterocycles. The van der Waals surface area contributed by atoms with Crippen LogP contribution in [0.1, 0.15) is 71.6 Å². The maximum absolute atomic E-state index is 13.7. The Labute approximate surface area is 241 Å². The number of carbonyl (C=O) groups excluding carboxylic acids is 4. The molecular formula is C27H46N8O6. The third-order valence-electron chi connectivity index (χ3n) is 8.08. The van der Waals surface area contributed by atoms with Crippen molar-refractivity contribution >= 4 is 35.6 Å². The minimum absolute atomic E-state index is 0.0950. The molecule has 0 radical (unpaired) electrons. The Morgan fingerprint density at radius 3 is 1.93 bits per heavy atom. The van der Waals surface area contributed by atoms with Gasteiger partial charge in [0.05, 0.1) is 6.04 Å². The topological polar surface area (TPSA) is 218 Å². The fourth-order valence-electron chi connectivity index (χ4n) is 6.11. The lowest BCUT2D eigenvalue weighted by Crippen LogP contribution is -2.57. The van der Waals surface area contributed by atoms with E-state index in [0.29, 0.717) is 71.0 Å². The van der Waals surface area contributed by atoms with Gasteiger partial charge in [-0.3, -0.25) is 24.2 Å². The summed E-state index contributed by atoms with van der Waals surface area (Å²) in [5, 5.41) is 12.2. The van der Waals surface area contributed by atoms with Gasteiger partial charge in [0.1, 0.15) is 24.2 Å². The van der Waals surface area contributed by atoms with Gasteiger partial charge in [-0.25, -0.2) is 4.79 Å². The average molecular weight is 579 g/mol. The van der Waals surface area contributed by atoms with E-state index in [0.717, 1.165) is 0 Å². The van der Waals surface area contributed by atoms with Gasteiger partial charge in [0.25, 0.3) is 0 Å². The average Bonchev–Trinajstić information content (AvgIpc) is 3.69. The fraction of sp³-hybridized carbons (Fsp3) is 0.778. The Kier molecular flexibility index (Phi) is 11.3. The number of aliphatic carboxylic acids is 1. The van der Waals surface area contributed by atoms with Crippen molar-refractivity contribution in [2.45, 2.75) is 102 Å². The van der Waals surface area contributed by atoms with Crippen LogP contribution in [0.15, 0.2) is 4.99 Å². The first kappa shape index (κ1) is 32.1. The lowest BCUT2D eigenvalue weighted by atomic mass is 10.0. The van der Waals surface area contributed by atoms with Crippen LogP contribution in [0.5, 0.6) is 0 Å². The Hall–Kier alpha value is -3.42. The van der Waals surface area contributed by atoms with E-state index in [1.807, 2.05) is 13.8 Å². The number of guanidine groups is 1. The van der Waals surface area contributed by atoms with Crippen LogP contribution in [0.25, 0.3) is 0 Å². The molecule has 3 fully saturated rings. The second kappa shape index (κ2) is 14.5. The zero-order valence-corrected chi connectivity index (χ0v) is 24.2. The highest BCUT2D eigenvalue weighted by atomic mass is 16.4. The maximum Gasteiger partial charge on any atom is 0.326 e. The molecule has 0 aliphatic carbocycles. The SMILES string of the molecule is CC(C)C[C@H](N)C(=O)N1CCC[C@H]1C(=O)N1CCC[C@H]1C(=O)N1CCC[C@H]1C(=O)N[C@@H](CCCN=C(N)N)C(=O)O. The van der Waals surface area contributed by atoms with E-state index in [2.05, 4.69) is 10.3 Å². The van der Waals surface area contributed by atoms with Crippen LogP contribution in [0.3, 0.4) is 0 Å². The molecule has 41 heavy (non-hydrogen) atoms.